The second-order valence-corrected chi connectivity index (χ2v) is 3.49. The molecule has 0 bridgehead atoms. The normalized spacial score (nSPS) is 9.94. The van der Waals surface area contributed by atoms with Gasteiger partial charge in [-0.25, -0.2) is 0 Å². The summed E-state index contributed by atoms with van der Waals surface area (Å²) < 4.78 is 9.79. The topological polar surface area (TPSA) is 79.4 Å². The number of hydrogen-bond acceptors (Lipinski definition) is 5. The van der Waals surface area contributed by atoms with Gasteiger partial charge in [-0.3, -0.25) is 4.79 Å². The molecule has 0 saturated heterocycles. The second-order valence-electron chi connectivity index (χ2n) is 3.49. The van der Waals surface area contributed by atoms with Crippen molar-refractivity contribution in [3.05, 3.63) is 17.5 Å². The highest BCUT2D eigenvalue weighted by Gasteiger charge is 2.19. The van der Waals surface area contributed by atoms with Crippen LogP contribution in [0.2, 0.25) is 0 Å². The van der Waals surface area contributed by atoms with Crippen LogP contribution in [0.25, 0.3) is 0 Å². The predicted molar refractivity (Wildman–Crippen MR) is 59.2 cm³/mol. The number of aryl methyl sites for hydroxylation is 1. The zero-order valence-electron chi connectivity index (χ0n) is 9.97. The Hall–Kier alpha value is -1.87. The first kappa shape index (κ1) is 13.2. The summed E-state index contributed by atoms with van der Waals surface area (Å²) in [5, 5.41) is 12.1. The molecule has 0 saturated carbocycles. The maximum Gasteiger partial charge on any atom is 0.259 e. The van der Waals surface area contributed by atoms with Gasteiger partial charge in [0.25, 0.3) is 5.91 Å². The van der Waals surface area contributed by atoms with Crippen molar-refractivity contribution >= 4 is 5.91 Å². The van der Waals surface area contributed by atoms with Crippen LogP contribution in [0.1, 0.15) is 22.5 Å². The van der Waals surface area contributed by atoms with Crippen LogP contribution in [0.4, 0.5) is 0 Å². The first-order chi connectivity index (χ1) is 8.20. The number of hydrogen-bond donors (Lipinski definition) is 0. The fourth-order valence-electron chi connectivity index (χ4n) is 1.38. The summed E-state index contributed by atoms with van der Waals surface area (Å²) in [7, 11) is 1.57. The van der Waals surface area contributed by atoms with Crippen molar-refractivity contribution in [2.75, 3.05) is 26.8 Å². The SMILES string of the molecule is COCCN(CCC#N)C(=O)c1cnoc1C. The zero-order valence-corrected chi connectivity index (χ0v) is 9.97. The average Bonchev–Trinajstić information content (AvgIpc) is 2.75. The largest absolute Gasteiger partial charge is 0.383 e. The van der Waals surface area contributed by atoms with Gasteiger partial charge >= 0.3 is 0 Å². The first-order valence-electron chi connectivity index (χ1n) is 5.27. The van der Waals surface area contributed by atoms with Crippen LogP contribution in [-0.4, -0.2) is 42.8 Å². The van der Waals surface area contributed by atoms with E-state index < -0.39 is 0 Å². The number of amides is 1. The number of carbonyl (C=O) groups excluding carboxylic acids is 1. The highest BCUT2D eigenvalue weighted by Crippen LogP contribution is 2.10. The van der Waals surface area contributed by atoms with Gasteiger partial charge in [0, 0.05) is 20.2 Å². The van der Waals surface area contributed by atoms with Crippen LogP contribution >= 0.6 is 0 Å². The first-order valence-corrected chi connectivity index (χ1v) is 5.27. The molecule has 1 heterocycles. The minimum atomic E-state index is -0.184. The lowest BCUT2D eigenvalue weighted by Crippen LogP contribution is -2.34. The van der Waals surface area contributed by atoms with E-state index in [0.717, 1.165) is 0 Å². The van der Waals surface area contributed by atoms with Crippen molar-refractivity contribution < 1.29 is 14.1 Å². The highest BCUT2D eigenvalue weighted by molar-refractivity contribution is 5.94. The Bertz CT molecular complexity index is 408. The Kier molecular flexibility index (Phi) is 5.17. The summed E-state index contributed by atoms with van der Waals surface area (Å²) in [6, 6.07) is 2.02. The lowest BCUT2D eigenvalue weighted by molar-refractivity contribution is 0.0698. The summed E-state index contributed by atoms with van der Waals surface area (Å²) in [6.07, 6.45) is 1.68. The minimum absolute atomic E-state index is 0.184. The van der Waals surface area contributed by atoms with Crippen LogP contribution in [0.15, 0.2) is 10.7 Å². The number of rotatable bonds is 6. The zero-order chi connectivity index (χ0) is 12.7. The molecule has 1 amide bonds. The number of nitriles is 1. The molecule has 6 heteroatoms. The van der Waals surface area contributed by atoms with E-state index in [4.69, 9.17) is 14.5 Å². The third kappa shape index (κ3) is 3.57. The van der Waals surface area contributed by atoms with Crippen LogP contribution in [0.3, 0.4) is 0 Å². The van der Waals surface area contributed by atoms with Crippen LogP contribution in [-0.2, 0) is 4.74 Å². The predicted octanol–water partition coefficient (Wildman–Crippen LogP) is 0.985. The van der Waals surface area contributed by atoms with E-state index in [-0.39, 0.29) is 5.91 Å². The van der Waals surface area contributed by atoms with Gasteiger partial charge in [0.15, 0.2) is 0 Å². The minimum Gasteiger partial charge on any atom is -0.383 e. The number of ether oxygens (including phenoxy) is 1. The summed E-state index contributed by atoms with van der Waals surface area (Å²) >= 11 is 0. The van der Waals surface area contributed by atoms with Crippen molar-refractivity contribution in [2.24, 2.45) is 0 Å². The summed E-state index contributed by atoms with van der Waals surface area (Å²) in [5.74, 6) is 0.297. The van der Waals surface area contributed by atoms with Crippen molar-refractivity contribution in [1.82, 2.24) is 10.1 Å². The third-order valence-electron chi connectivity index (χ3n) is 2.33. The van der Waals surface area contributed by atoms with Gasteiger partial charge in [0.05, 0.1) is 25.3 Å². The van der Waals surface area contributed by atoms with E-state index in [1.54, 1.807) is 18.9 Å². The Labute approximate surface area is 99.7 Å². The number of aromatic nitrogens is 1. The van der Waals surface area contributed by atoms with Gasteiger partial charge in [0.2, 0.25) is 0 Å². The van der Waals surface area contributed by atoms with Gasteiger partial charge in [-0.15, -0.1) is 0 Å². The maximum atomic E-state index is 12.1. The summed E-state index contributed by atoms with van der Waals surface area (Å²) in [4.78, 5) is 13.7. The van der Waals surface area contributed by atoms with Gasteiger partial charge in [0.1, 0.15) is 11.3 Å². The molecule has 0 aliphatic carbocycles. The van der Waals surface area contributed by atoms with Crippen molar-refractivity contribution in [3.8, 4) is 6.07 Å². The van der Waals surface area contributed by atoms with Gasteiger partial charge in [-0.1, -0.05) is 5.16 Å². The molecular weight excluding hydrogens is 222 g/mol. The molecule has 1 rings (SSSR count). The summed E-state index contributed by atoms with van der Waals surface area (Å²) in [5.41, 5.74) is 0.430. The monoisotopic (exact) mass is 237 g/mol. The number of methoxy groups -OCH3 is 1. The molecule has 0 aliphatic heterocycles. The average molecular weight is 237 g/mol. The Morgan fingerprint density at radius 3 is 2.94 bits per heavy atom. The van der Waals surface area contributed by atoms with Crippen molar-refractivity contribution in [2.45, 2.75) is 13.3 Å². The molecule has 0 aromatic carbocycles. The fourth-order valence-corrected chi connectivity index (χ4v) is 1.38. The quantitative estimate of drug-likeness (QED) is 0.737. The maximum absolute atomic E-state index is 12.1. The van der Waals surface area contributed by atoms with E-state index >= 15 is 0 Å². The van der Waals surface area contributed by atoms with Gasteiger partial charge < -0.3 is 14.2 Å². The lowest BCUT2D eigenvalue weighted by atomic mass is 10.2. The van der Waals surface area contributed by atoms with Crippen LogP contribution < -0.4 is 0 Å². The molecule has 0 spiro atoms. The van der Waals surface area contributed by atoms with Crippen molar-refractivity contribution in [3.63, 3.8) is 0 Å². The molecule has 0 radical (unpaired) electrons. The smallest absolute Gasteiger partial charge is 0.259 e. The summed E-state index contributed by atoms with van der Waals surface area (Å²) in [6.45, 7) is 2.94. The van der Waals surface area contributed by atoms with Crippen molar-refractivity contribution in [1.29, 1.82) is 5.26 Å². The van der Waals surface area contributed by atoms with E-state index in [1.165, 1.54) is 6.20 Å². The lowest BCUT2D eigenvalue weighted by Gasteiger charge is -2.20. The van der Waals surface area contributed by atoms with E-state index in [2.05, 4.69) is 5.16 Å². The fraction of sp³-hybridized carbons (Fsp3) is 0.545. The number of nitrogens with zero attached hydrogens (tertiary/aromatic N) is 3. The molecule has 0 unspecified atom stereocenters. The van der Waals surface area contributed by atoms with E-state index in [9.17, 15) is 4.79 Å². The molecule has 1 aromatic rings. The van der Waals surface area contributed by atoms with Crippen LogP contribution in [0, 0.1) is 18.3 Å². The Balaban J connectivity index is 2.72. The van der Waals surface area contributed by atoms with Gasteiger partial charge in [-0.2, -0.15) is 5.26 Å². The molecule has 0 fully saturated rings. The van der Waals surface area contributed by atoms with E-state index in [1.807, 2.05) is 6.07 Å². The molecule has 0 atom stereocenters. The standard InChI is InChI=1S/C11H15N3O3/c1-9-10(8-13-17-9)11(15)14(5-3-4-12)6-7-16-2/h8H,3,5-7H2,1-2H3. The number of carbonyl (C=O) groups is 1. The molecule has 92 valence electrons. The Morgan fingerprint density at radius 1 is 1.65 bits per heavy atom. The second kappa shape index (κ2) is 6.66. The molecule has 0 aliphatic rings. The molecular formula is C11H15N3O3. The molecule has 0 N–H and O–H groups in total. The molecule has 1 aromatic heterocycles. The molecule has 17 heavy (non-hydrogen) atoms. The molecule has 6 nitrogen and oxygen atoms in total. The Morgan fingerprint density at radius 2 is 2.41 bits per heavy atom. The third-order valence-corrected chi connectivity index (χ3v) is 2.33. The highest BCUT2D eigenvalue weighted by atomic mass is 16.5. The van der Waals surface area contributed by atoms with Crippen LogP contribution in [0.5, 0.6) is 0 Å². The van der Waals surface area contributed by atoms with Gasteiger partial charge in [-0.05, 0) is 6.92 Å². The van der Waals surface area contributed by atoms with E-state index in [0.29, 0.717) is 37.4 Å².